The fraction of sp³-hybridized carbons (Fsp3) is 0.750. The second-order valence-electron chi connectivity index (χ2n) is 6.80. The highest BCUT2D eigenvalue weighted by atomic mass is 28.4. The molecular weight excluding hydrogens is 268 g/mol. The van der Waals surface area contributed by atoms with Crippen molar-refractivity contribution in [3.05, 3.63) is 24.3 Å². The van der Waals surface area contributed by atoms with Crippen LogP contribution in [0.4, 0.5) is 0 Å². The van der Waals surface area contributed by atoms with E-state index in [4.69, 9.17) is 13.9 Å². The molecule has 0 spiro atoms. The van der Waals surface area contributed by atoms with E-state index in [2.05, 4.69) is 47.4 Å². The maximum absolute atomic E-state index is 6.33. The average molecular weight is 298 g/mol. The van der Waals surface area contributed by atoms with E-state index in [1.807, 2.05) is 12.2 Å². The van der Waals surface area contributed by atoms with Crippen molar-refractivity contribution in [2.45, 2.75) is 58.2 Å². The van der Waals surface area contributed by atoms with Crippen molar-refractivity contribution < 1.29 is 13.9 Å². The van der Waals surface area contributed by atoms with Crippen molar-refractivity contribution in [3.8, 4) is 0 Å². The van der Waals surface area contributed by atoms with Crippen LogP contribution >= 0.6 is 0 Å². The molecule has 0 aromatic heterocycles. The standard InChI is InChI=1S/C16H30O3Si/c1-9-13-10-15(17-6)19-14(13)11-18-20(7,8)16(4,5)12(2)3/h9-10,12,14-15H,1,11H2,2-8H3/t14-,15+/m1/s1. The SMILES string of the molecule is C=CC1=C[C@@H](OC)O[C@@H]1CO[Si](C)(C)C(C)(C)C(C)C. The molecule has 3 nitrogen and oxygen atoms in total. The van der Waals surface area contributed by atoms with Gasteiger partial charge in [0.25, 0.3) is 0 Å². The van der Waals surface area contributed by atoms with Crippen molar-refractivity contribution >= 4 is 8.32 Å². The Balaban J connectivity index is 2.68. The van der Waals surface area contributed by atoms with E-state index in [1.54, 1.807) is 7.11 Å². The Morgan fingerprint density at radius 2 is 2.05 bits per heavy atom. The number of ether oxygens (including phenoxy) is 2. The summed E-state index contributed by atoms with van der Waals surface area (Å²) in [6.07, 6.45) is 3.45. The highest BCUT2D eigenvalue weighted by Gasteiger charge is 2.44. The predicted molar refractivity (Wildman–Crippen MR) is 86.3 cm³/mol. The van der Waals surface area contributed by atoms with Crippen LogP contribution in [0.15, 0.2) is 24.3 Å². The Labute approximate surface area is 125 Å². The summed E-state index contributed by atoms with van der Waals surface area (Å²) in [6, 6.07) is 0. The van der Waals surface area contributed by atoms with Crippen LogP contribution in [0.1, 0.15) is 27.7 Å². The molecule has 1 rings (SSSR count). The summed E-state index contributed by atoms with van der Waals surface area (Å²) >= 11 is 0. The van der Waals surface area contributed by atoms with E-state index >= 15 is 0 Å². The maximum Gasteiger partial charge on any atom is 0.192 e. The van der Waals surface area contributed by atoms with Gasteiger partial charge in [-0.25, -0.2) is 0 Å². The summed E-state index contributed by atoms with van der Waals surface area (Å²) in [4.78, 5) is 0. The first-order valence-corrected chi connectivity index (χ1v) is 10.2. The van der Waals surface area contributed by atoms with Gasteiger partial charge in [0, 0.05) is 7.11 Å². The molecular formula is C16H30O3Si. The maximum atomic E-state index is 6.33. The van der Waals surface area contributed by atoms with Gasteiger partial charge in [-0.1, -0.05) is 40.3 Å². The van der Waals surface area contributed by atoms with Crippen LogP contribution in [0.3, 0.4) is 0 Å². The highest BCUT2D eigenvalue weighted by molar-refractivity contribution is 6.74. The molecule has 2 atom stereocenters. The molecule has 0 saturated carbocycles. The molecule has 0 saturated heterocycles. The van der Waals surface area contributed by atoms with E-state index in [1.165, 1.54) is 0 Å². The zero-order valence-electron chi connectivity index (χ0n) is 14.0. The monoisotopic (exact) mass is 298 g/mol. The van der Waals surface area contributed by atoms with Gasteiger partial charge in [-0.15, -0.1) is 0 Å². The minimum Gasteiger partial charge on any atom is -0.414 e. The Hall–Kier alpha value is -0.423. The van der Waals surface area contributed by atoms with Crippen molar-refractivity contribution in [1.29, 1.82) is 0 Å². The Morgan fingerprint density at radius 1 is 1.45 bits per heavy atom. The molecule has 0 aromatic rings. The summed E-state index contributed by atoms with van der Waals surface area (Å²) in [6.45, 7) is 18.1. The summed E-state index contributed by atoms with van der Waals surface area (Å²) < 4.78 is 17.3. The molecule has 0 bridgehead atoms. The molecule has 1 aliphatic heterocycles. The summed E-state index contributed by atoms with van der Waals surface area (Å²) in [5.74, 6) is 0.592. The summed E-state index contributed by atoms with van der Waals surface area (Å²) in [5.41, 5.74) is 1.06. The lowest BCUT2D eigenvalue weighted by Gasteiger charge is -2.43. The van der Waals surface area contributed by atoms with E-state index in [-0.39, 0.29) is 17.4 Å². The van der Waals surface area contributed by atoms with Crippen molar-refractivity contribution in [2.75, 3.05) is 13.7 Å². The van der Waals surface area contributed by atoms with Gasteiger partial charge in [-0.2, -0.15) is 0 Å². The molecule has 0 aromatic carbocycles. The molecule has 116 valence electrons. The lowest BCUT2D eigenvalue weighted by molar-refractivity contribution is -0.107. The molecule has 0 N–H and O–H groups in total. The number of hydrogen-bond acceptors (Lipinski definition) is 3. The normalized spacial score (nSPS) is 24.1. The second-order valence-corrected chi connectivity index (χ2v) is 11.4. The largest absolute Gasteiger partial charge is 0.414 e. The fourth-order valence-corrected chi connectivity index (χ4v) is 4.50. The quantitative estimate of drug-likeness (QED) is 0.661. The van der Waals surface area contributed by atoms with Gasteiger partial charge in [0.1, 0.15) is 6.10 Å². The van der Waals surface area contributed by atoms with Gasteiger partial charge >= 0.3 is 0 Å². The van der Waals surface area contributed by atoms with Crippen molar-refractivity contribution in [3.63, 3.8) is 0 Å². The molecule has 1 aliphatic rings. The van der Waals surface area contributed by atoms with E-state index in [0.717, 1.165) is 5.57 Å². The van der Waals surface area contributed by atoms with E-state index < -0.39 is 8.32 Å². The zero-order valence-corrected chi connectivity index (χ0v) is 15.0. The minimum atomic E-state index is -1.82. The summed E-state index contributed by atoms with van der Waals surface area (Å²) in [7, 11) is -0.174. The van der Waals surface area contributed by atoms with E-state index in [9.17, 15) is 0 Å². The molecule has 0 unspecified atom stereocenters. The van der Waals surface area contributed by atoms with Gasteiger partial charge in [-0.3, -0.25) is 0 Å². The van der Waals surface area contributed by atoms with Crippen LogP contribution in [0.2, 0.25) is 18.1 Å². The Bertz CT molecular complexity index is 372. The van der Waals surface area contributed by atoms with E-state index in [0.29, 0.717) is 12.5 Å². The molecule has 0 aliphatic carbocycles. The van der Waals surface area contributed by atoms with Gasteiger partial charge in [0.05, 0.1) is 6.61 Å². The second kappa shape index (κ2) is 6.56. The lowest BCUT2D eigenvalue weighted by Crippen LogP contribution is -2.46. The minimum absolute atomic E-state index is 0.0628. The smallest absolute Gasteiger partial charge is 0.192 e. The fourth-order valence-electron chi connectivity index (χ4n) is 2.17. The molecule has 4 heteroatoms. The molecule has 0 fully saturated rings. The third kappa shape index (κ3) is 3.61. The number of methoxy groups -OCH3 is 1. The Kier molecular flexibility index (Phi) is 5.78. The third-order valence-corrected chi connectivity index (χ3v) is 9.63. The summed E-state index contributed by atoms with van der Waals surface area (Å²) in [5, 5.41) is 0.213. The molecule has 0 amide bonds. The number of hydrogen-bond donors (Lipinski definition) is 0. The van der Waals surface area contributed by atoms with Crippen LogP contribution in [-0.4, -0.2) is 34.4 Å². The van der Waals surface area contributed by atoms with Crippen molar-refractivity contribution in [1.82, 2.24) is 0 Å². The average Bonchev–Trinajstić information content (AvgIpc) is 2.78. The predicted octanol–water partition coefficient (Wildman–Crippen LogP) is 4.13. The van der Waals surface area contributed by atoms with Gasteiger partial charge in [-0.05, 0) is 35.7 Å². The van der Waals surface area contributed by atoms with Crippen LogP contribution in [0.5, 0.6) is 0 Å². The highest BCUT2D eigenvalue weighted by Crippen LogP contribution is 2.44. The zero-order chi connectivity index (χ0) is 15.6. The van der Waals surface area contributed by atoms with Gasteiger partial charge in [0.2, 0.25) is 0 Å². The van der Waals surface area contributed by atoms with Gasteiger partial charge < -0.3 is 13.9 Å². The topological polar surface area (TPSA) is 27.7 Å². The van der Waals surface area contributed by atoms with Crippen LogP contribution in [0, 0.1) is 5.92 Å². The Morgan fingerprint density at radius 3 is 2.50 bits per heavy atom. The van der Waals surface area contributed by atoms with Crippen LogP contribution < -0.4 is 0 Å². The molecule has 20 heavy (non-hydrogen) atoms. The first-order valence-electron chi connectivity index (χ1n) is 7.32. The van der Waals surface area contributed by atoms with Crippen molar-refractivity contribution in [2.24, 2.45) is 5.92 Å². The van der Waals surface area contributed by atoms with Crippen LogP contribution in [0.25, 0.3) is 0 Å². The number of rotatable bonds is 7. The third-order valence-electron chi connectivity index (χ3n) is 5.06. The molecule has 1 heterocycles. The first-order chi connectivity index (χ1) is 9.15. The van der Waals surface area contributed by atoms with Crippen LogP contribution in [-0.2, 0) is 13.9 Å². The van der Waals surface area contributed by atoms with Gasteiger partial charge in [0.15, 0.2) is 14.6 Å². The molecule has 0 radical (unpaired) electrons. The lowest BCUT2D eigenvalue weighted by atomic mass is 9.99. The first kappa shape index (κ1) is 17.6.